The van der Waals surface area contributed by atoms with Crippen LogP contribution in [0.3, 0.4) is 0 Å². The van der Waals surface area contributed by atoms with Gasteiger partial charge in [-0.05, 0) is 19.4 Å². The van der Waals surface area contributed by atoms with Gasteiger partial charge >= 0.3 is 6.03 Å². The average molecular weight is 193 g/mol. The summed E-state index contributed by atoms with van der Waals surface area (Å²) in [5.41, 5.74) is 1.04. The Morgan fingerprint density at radius 3 is 3.00 bits per heavy atom. The lowest BCUT2D eigenvalue weighted by Crippen LogP contribution is -2.48. The number of carbonyl (C=O) groups excluding carboxylic acids is 1. The van der Waals surface area contributed by atoms with Crippen LogP contribution in [0.1, 0.15) is 13.3 Å². The van der Waals surface area contributed by atoms with Crippen molar-refractivity contribution in [2.45, 2.75) is 13.3 Å². The second kappa shape index (κ2) is 3.82. The summed E-state index contributed by atoms with van der Waals surface area (Å²) in [4.78, 5) is 19.7. The molecule has 0 aliphatic carbocycles. The SMILES string of the molecule is CCN1CCCN(C2=CC=NC2)C1=O. The number of urea groups is 1. The lowest BCUT2D eigenvalue weighted by atomic mass is 10.2. The third-order valence-corrected chi connectivity index (χ3v) is 2.67. The Labute approximate surface area is 83.9 Å². The summed E-state index contributed by atoms with van der Waals surface area (Å²) in [6.07, 6.45) is 4.75. The lowest BCUT2D eigenvalue weighted by molar-refractivity contribution is 0.146. The van der Waals surface area contributed by atoms with Crippen molar-refractivity contribution in [1.29, 1.82) is 0 Å². The van der Waals surface area contributed by atoms with Gasteiger partial charge in [-0.25, -0.2) is 4.79 Å². The summed E-state index contributed by atoms with van der Waals surface area (Å²) in [5, 5.41) is 0. The van der Waals surface area contributed by atoms with Gasteiger partial charge in [0.2, 0.25) is 0 Å². The fourth-order valence-corrected chi connectivity index (χ4v) is 1.85. The first-order valence-electron chi connectivity index (χ1n) is 5.08. The van der Waals surface area contributed by atoms with Gasteiger partial charge in [0.25, 0.3) is 0 Å². The van der Waals surface area contributed by atoms with E-state index in [1.54, 1.807) is 6.21 Å². The molecule has 2 rings (SSSR count). The summed E-state index contributed by atoms with van der Waals surface area (Å²) in [7, 11) is 0. The highest BCUT2D eigenvalue weighted by Crippen LogP contribution is 2.16. The van der Waals surface area contributed by atoms with E-state index >= 15 is 0 Å². The molecule has 0 N–H and O–H groups in total. The minimum Gasteiger partial charge on any atom is -0.325 e. The highest BCUT2D eigenvalue weighted by molar-refractivity contribution is 5.81. The lowest BCUT2D eigenvalue weighted by Gasteiger charge is -2.35. The van der Waals surface area contributed by atoms with E-state index in [0.29, 0.717) is 6.54 Å². The fourth-order valence-electron chi connectivity index (χ4n) is 1.85. The largest absolute Gasteiger partial charge is 0.325 e. The van der Waals surface area contributed by atoms with Gasteiger partial charge in [-0.1, -0.05) is 0 Å². The van der Waals surface area contributed by atoms with Gasteiger partial charge in [-0.2, -0.15) is 0 Å². The molecule has 0 atom stereocenters. The average Bonchev–Trinajstić information content (AvgIpc) is 2.71. The van der Waals surface area contributed by atoms with Crippen molar-refractivity contribution in [2.24, 2.45) is 4.99 Å². The second-order valence-corrected chi connectivity index (χ2v) is 3.52. The zero-order valence-corrected chi connectivity index (χ0v) is 8.44. The van der Waals surface area contributed by atoms with E-state index in [1.165, 1.54) is 0 Å². The van der Waals surface area contributed by atoms with Crippen molar-refractivity contribution in [1.82, 2.24) is 9.80 Å². The number of hydrogen-bond acceptors (Lipinski definition) is 2. The molecule has 0 aromatic carbocycles. The smallest absolute Gasteiger partial charge is 0.324 e. The Morgan fingerprint density at radius 2 is 2.36 bits per heavy atom. The minimum absolute atomic E-state index is 0.135. The molecule has 14 heavy (non-hydrogen) atoms. The molecule has 0 spiro atoms. The molecule has 1 fully saturated rings. The van der Waals surface area contributed by atoms with Gasteiger partial charge in [0.05, 0.1) is 6.54 Å². The number of allylic oxidation sites excluding steroid dienone is 1. The number of carbonyl (C=O) groups is 1. The molecule has 2 heterocycles. The molecular weight excluding hydrogens is 178 g/mol. The highest BCUT2D eigenvalue weighted by Gasteiger charge is 2.27. The van der Waals surface area contributed by atoms with Gasteiger partial charge in [-0.15, -0.1) is 0 Å². The molecule has 0 unspecified atom stereocenters. The van der Waals surface area contributed by atoms with E-state index in [2.05, 4.69) is 4.99 Å². The molecule has 2 aliphatic heterocycles. The summed E-state index contributed by atoms with van der Waals surface area (Å²) >= 11 is 0. The molecule has 4 heteroatoms. The first-order chi connectivity index (χ1) is 6.83. The molecule has 0 aromatic rings. The van der Waals surface area contributed by atoms with Gasteiger partial charge in [0.15, 0.2) is 0 Å². The van der Waals surface area contributed by atoms with Crippen molar-refractivity contribution in [3.63, 3.8) is 0 Å². The molecule has 1 saturated heterocycles. The van der Waals surface area contributed by atoms with Crippen molar-refractivity contribution in [3.05, 3.63) is 11.8 Å². The molecule has 0 saturated carbocycles. The Bertz CT molecular complexity index is 296. The van der Waals surface area contributed by atoms with E-state index in [-0.39, 0.29) is 6.03 Å². The maximum absolute atomic E-state index is 11.9. The predicted octanol–water partition coefficient (Wildman–Crippen LogP) is 1.10. The van der Waals surface area contributed by atoms with Crippen LogP contribution >= 0.6 is 0 Å². The van der Waals surface area contributed by atoms with E-state index in [0.717, 1.165) is 31.8 Å². The molecule has 2 aliphatic rings. The predicted molar refractivity (Wildman–Crippen MR) is 55.4 cm³/mol. The van der Waals surface area contributed by atoms with Crippen LogP contribution in [0.5, 0.6) is 0 Å². The van der Waals surface area contributed by atoms with Crippen LogP contribution in [0.25, 0.3) is 0 Å². The maximum Gasteiger partial charge on any atom is 0.324 e. The highest BCUT2D eigenvalue weighted by atomic mass is 16.2. The second-order valence-electron chi connectivity index (χ2n) is 3.52. The number of hydrogen-bond donors (Lipinski definition) is 0. The maximum atomic E-state index is 11.9. The van der Waals surface area contributed by atoms with Gasteiger partial charge in [0, 0.05) is 31.5 Å². The van der Waals surface area contributed by atoms with Crippen LogP contribution < -0.4 is 0 Å². The van der Waals surface area contributed by atoms with Gasteiger partial charge in [0.1, 0.15) is 0 Å². The summed E-state index contributed by atoms with van der Waals surface area (Å²) in [6.45, 7) is 5.19. The summed E-state index contributed by atoms with van der Waals surface area (Å²) in [6, 6.07) is 0.135. The third kappa shape index (κ3) is 1.52. The Balaban J connectivity index is 2.08. The van der Waals surface area contributed by atoms with Crippen LogP contribution in [0.2, 0.25) is 0 Å². The quantitative estimate of drug-likeness (QED) is 0.647. The van der Waals surface area contributed by atoms with Crippen molar-refractivity contribution in [2.75, 3.05) is 26.2 Å². The molecular formula is C10H15N3O. The topological polar surface area (TPSA) is 35.9 Å². The molecule has 2 amide bonds. The monoisotopic (exact) mass is 193 g/mol. The van der Waals surface area contributed by atoms with Crippen molar-refractivity contribution < 1.29 is 4.79 Å². The molecule has 76 valence electrons. The molecule has 4 nitrogen and oxygen atoms in total. The molecule has 0 aromatic heterocycles. The molecule has 0 radical (unpaired) electrons. The summed E-state index contributed by atoms with van der Waals surface area (Å²) in [5.74, 6) is 0. The first kappa shape index (κ1) is 9.24. The fraction of sp³-hybridized carbons (Fsp3) is 0.600. The van der Waals surface area contributed by atoms with Crippen LogP contribution in [-0.2, 0) is 0 Å². The Morgan fingerprint density at radius 1 is 1.50 bits per heavy atom. The Hall–Kier alpha value is -1.32. The van der Waals surface area contributed by atoms with Crippen LogP contribution in [0.15, 0.2) is 16.8 Å². The van der Waals surface area contributed by atoms with E-state index in [9.17, 15) is 4.79 Å². The zero-order chi connectivity index (χ0) is 9.97. The van der Waals surface area contributed by atoms with Crippen molar-refractivity contribution >= 4 is 12.2 Å². The number of rotatable bonds is 2. The number of nitrogens with zero attached hydrogens (tertiary/aromatic N) is 3. The van der Waals surface area contributed by atoms with Crippen LogP contribution in [0, 0.1) is 0 Å². The van der Waals surface area contributed by atoms with E-state index < -0.39 is 0 Å². The standard InChI is InChI=1S/C10H15N3O/c1-2-12-6-3-7-13(10(12)14)9-4-5-11-8-9/h4-5H,2-3,6-8H2,1H3. The van der Waals surface area contributed by atoms with Gasteiger partial charge in [-0.3, -0.25) is 9.89 Å². The zero-order valence-electron chi connectivity index (χ0n) is 8.44. The number of aliphatic imine (C=N–C) groups is 1. The third-order valence-electron chi connectivity index (χ3n) is 2.67. The Kier molecular flexibility index (Phi) is 2.52. The normalized spacial score (nSPS) is 21.8. The summed E-state index contributed by atoms with van der Waals surface area (Å²) < 4.78 is 0. The van der Waals surface area contributed by atoms with E-state index in [4.69, 9.17) is 0 Å². The number of amides is 2. The first-order valence-corrected chi connectivity index (χ1v) is 5.08. The van der Waals surface area contributed by atoms with Gasteiger partial charge < -0.3 is 4.90 Å². The van der Waals surface area contributed by atoms with Crippen molar-refractivity contribution in [3.8, 4) is 0 Å². The molecule has 0 bridgehead atoms. The van der Waals surface area contributed by atoms with Crippen LogP contribution in [-0.4, -0.2) is 48.2 Å². The van der Waals surface area contributed by atoms with Crippen LogP contribution in [0.4, 0.5) is 4.79 Å². The van der Waals surface area contributed by atoms with E-state index in [1.807, 2.05) is 22.8 Å². The minimum atomic E-state index is 0.135.